The minimum Gasteiger partial charge on any atom is -0.494 e. The molecular formula is C35H52N2O4. The smallest absolute Gasteiger partial charge is 0.343 e. The van der Waals surface area contributed by atoms with Crippen molar-refractivity contribution >= 4 is 18.1 Å². The van der Waals surface area contributed by atoms with Crippen molar-refractivity contribution in [3.8, 4) is 11.5 Å². The van der Waals surface area contributed by atoms with E-state index in [1.165, 1.54) is 83.5 Å². The fourth-order valence-corrected chi connectivity index (χ4v) is 4.59. The highest BCUT2D eigenvalue weighted by atomic mass is 16.5. The molecule has 6 heteroatoms. The summed E-state index contributed by atoms with van der Waals surface area (Å²) in [6, 6.07) is 13.9. The minimum absolute atomic E-state index is 0.0624. The van der Waals surface area contributed by atoms with Crippen LogP contribution in [0.25, 0.3) is 0 Å². The van der Waals surface area contributed by atoms with Crippen molar-refractivity contribution in [2.45, 2.75) is 123 Å². The summed E-state index contributed by atoms with van der Waals surface area (Å²) in [5.74, 6) is 0.678. The summed E-state index contributed by atoms with van der Waals surface area (Å²) in [5.41, 5.74) is 3.86. The predicted molar refractivity (Wildman–Crippen MR) is 169 cm³/mol. The van der Waals surface area contributed by atoms with Gasteiger partial charge in [0.1, 0.15) is 11.5 Å². The van der Waals surface area contributed by atoms with Crippen LogP contribution in [0.3, 0.4) is 0 Å². The van der Waals surface area contributed by atoms with Gasteiger partial charge in [-0.1, -0.05) is 104 Å². The molecule has 0 aliphatic heterocycles. The van der Waals surface area contributed by atoms with E-state index in [1.54, 1.807) is 54.7 Å². The molecule has 0 aliphatic rings. The Morgan fingerprint density at radius 2 is 1.17 bits per heavy atom. The number of esters is 1. The molecule has 0 saturated carbocycles. The number of carbonyl (C=O) groups excluding carboxylic acids is 2. The molecule has 1 amide bonds. The maximum Gasteiger partial charge on any atom is 0.343 e. The first-order chi connectivity index (χ1) is 20.1. The molecule has 6 nitrogen and oxygen atoms in total. The van der Waals surface area contributed by atoms with E-state index < -0.39 is 5.97 Å². The third-order valence-electron chi connectivity index (χ3n) is 7.06. The predicted octanol–water partition coefficient (Wildman–Crippen LogP) is 9.41. The van der Waals surface area contributed by atoms with E-state index in [-0.39, 0.29) is 5.91 Å². The second-order valence-electron chi connectivity index (χ2n) is 10.8. The fraction of sp³-hybridized carbons (Fsp3) is 0.571. The summed E-state index contributed by atoms with van der Waals surface area (Å²) in [6.07, 6.45) is 22.6. The van der Waals surface area contributed by atoms with Crippen LogP contribution in [0.2, 0.25) is 0 Å². The Morgan fingerprint density at radius 3 is 1.71 bits per heavy atom. The van der Waals surface area contributed by atoms with E-state index in [2.05, 4.69) is 17.5 Å². The molecule has 0 atom stereocenters. The van der Waals surface area contributed by atoms with Crippen LogP contribution < -0.4 is 14.9 Å². The number of nitrogens with one attached hydrogen (secondary N) is 1. The number of nitrogens with zero attached hydrogens (tertiary/aromatic N) is 1. The number of rotatable bonds is 23. The molecule has 1 N–H and O–H groups in total. The lowest BCUT2D eigenvalue weighted by Crippen LogP contribution is -2.16. The number of ether oxygens (including phenoxy) is 2. The first-order valence-electron chi connectivity index (χ1n) is 16.0. The third kappa shape index (κ3) is 16.6. The van der Waals surface area contributed by atoms with Crippen molar-refractivity contribution in [3.05, 3.63) is 59.7 Å². The van der Waals surface area contributed by atoms with Crippen LogP contribution in [-0.4, -0.2) is 24.7 Å². The summed E-state index contributed by atoms with van der Waals surface area (Å²) < 4.78 is 11.0. The molecule has 0 radical (unpaired) electrons. The van der Waals surface area contributed by atoms with Crippen molar-refractivity contribution in [1.82, 2.24) is 5.43 Å². The van der Waals surface area contributed by atoms with Crippen molar-refractivity contribution in [2.24, 2.45) is 5.10 Å². The number of hydrogen-bond acceptors (Lipinski definition) is 5. The summed E-state index contributed by atoms with van der Waals surface area (Å²) in [5, 5.41) is 4.05. The highest BCUT2D eigenvalue weighted by Crippen LogP contribution is 2.17. The Kier molecular flexibility index (Phi) is 18.7. The van der Waals surface area contributed by atoms with Gasteiger partial charge in [-0.05, 0) is 66.9 Å². The number of amides is 1. The van der Waals surface area contributed by atoms with Gasteiger partial charge in [-0.2, -0.15) is 5.10 Å². The van der Waals surface area contributed by atoms with Gasteiger partial charge in [-0.3, -0.25) is 4.79 Å². The maximum atomic E-state index is 12.4. The molecule has 2 aromatic rings. The van der Waals surface area contributed by atoms with Gasteiger partial charge in [-0.15, -0.1) is 0 Å². The standard InChI is InChI=1S/C35H52N2O4/c1-3-5-6-7-8-9-10-11-12-13-14-15-16-17-18-19-34(38)37-36-29-30-20-24-33(25-21-30)41-35(39)31-22-26-32(27-23-31)40-28-4-2/h20-27,29H,3-19,28H2,1-2H3,(H,37,38)/b36-29+. The lowest BCUT2D eigenvalue weighted by atomic mass is 10.0. The number of carbonyl (C=O) groups is 2. The van der Waals surface area contributed by atoms with Gasteiger partial charge in [0.05, 0.1) is 18.4 Å². The Labute approximate surface area is 248 Å². The second kappa shape index (κ2) is 22.5. The molecule has 0 aliphatic carbocycles. The lowest BCUT2D eigenvalue weighted by molar-refractivity contribution is -0.121. The Balaban J connectivity index is 1.49. The molecule has 0 spiro atoms. The summed E-state index contributed by atoms with van der Waals surface area (Å²) >= 11 is 0. The van der Waals surface area contributed by atoms with Crippen LogP contribution in [0.5, 0.6) is 11.5 Å². The van der Waals surface area contributed by atoms with Crippen LogP contribution in [0.1, 0.15) is 139 Å². The van der Waals surface area contributed by atoms with Gasteiger partial charge < -0.3 is 9.47 Å². The number of unbranched alkanes of at least 4 members (excludes halogenated alkanes) is 14. The van der Waals surface area contributed by atoms with Crippen LogP contribution >= 0.6 is 0 Å². The van der Waals surface area contributed by atoms with Crippen molar-refractivity contribution in [3.63, 3.8) is 0 Å². The minimum atomic E-state index is -0.431. The van der Waals surface area contributed by atoms with Crippen LogP contribution in [0.15, 0.2) is 53.6 Å². The van der Waals surface area contributed by atoms with E-state index >= 15 is 0 Å². The zero-order valence-electron chi connectivity index (χ0n) is 25.5. The van der Waals surface area contributed by atoms with Gasteiger partial charge in [0.15, 0.2) is 0 Å². The fourth-order valence-electron chi connectivity index (χ4n) is 4.59. The first kappa shape index (κ1) is 34.1. The lowest BCUT2D eigenvalue weighted by Gasteiger charge is -2.07. The number of hydrogen-bond donors (Lipinski definition) is 1. The summed E-state index contributed by atoms with van der Waals surface area (Å²) in [6.45, 7) is 4.95. The molecule has 0 heterocycles. The summed E-state index contributed by atoms with van der Waals surface area (Å²) in [4.78, 5) is 24.4. The van der Waals surface area contributed by atoms with Crippen molar-refractivity contribution in [2.75, 3.05) is 6.61 Å². The largest absolute Gasteiger partial charge is 0.494 e. The van der Waals surface area contributed by atoms with Crippen LogP contribution in [0, 0.1) is 0 Å². The van der Waals surface area contributed by atoms with Crippen molar-refractivity contribution < 1.29 is 19.1 Å². The van der Waals surface area contributed by atoms with Gasteiger partial charge in [0, 0.05) is 6.42 Å². The topological polar surface area (TPSA) is 77.0 Å². The summed E-state index contributed by atoms with van der Waals surface area (Å²) in [7, 11) is 0. The van der Waals surface area contributed by atoms with Gasteiger partial charge in [-0.25, -0.2) is 10.2 Å². The third-order valence-corrected chi connectivity index (χ3v) is 7.06. The van der Waals surface area contributed by atoms with Crippen LogP contribution in [-0.2, 0) is 4.79 Å². The molecule has 0 unspecified atom stereocenters. The number of benzene rings is 2. The molecular weight excluding hydrogens is 512 g/mol. The molecule has 2 aromatic carbocycles. The molecule has 0 bridgehead atoms. The van der Waals surface area contributed by atoms with E-state index in [4.69, 9.17) is 9.47 Å². The van der Waals surface area contributed by atoms with E-state index in [0.29, 0.717) is 24.3 Å². The molecule has 2 rings (SSSR count). The zero-order chi connectivity index (χ0) is 29.4. The maximum absolute atomic E-state index is 12.4. The van der Waals surface area contributed by atoms with E-state index in [9.17, 15) is 9.59 Å². The zero-order valence-corrected chi connectivity index (χ0v) is 25.5. The Bertz CT molecular complexity index is 986. The van der Waals surface area contributed by atoms with Gasteiger partial charge >= 0.3 is 5.97 Å². The molecule has 0 aromatic heterocycles. The van der Waals surface area contributed by atoms with Gasteiger partial charge in [0.25, 0.3) is 0 Å². The number of hydrazone groups is 1. The Morgan fingerprint density at radius 1 is 0.659 bits per heavy atom. The Hall–Kier alpha value is -3.15. The second-order valence-corrected chi connectivity index (χ2v) is 10.8. The first-order valence-corrected chi connectivity index (χ1v) is 16.0. The highest BCUT2D eigenvalue weighted by Gasteiger charge is 2.09. The van der Waals surface area contributed by atoms with E-state index in [1.807, 2.05) is 6.92 Å². The van der Waals surface area contributed by atoms with Gasteiger partial charge in [0.2, 0.25) is 5.91 Å². The van der Waals surface area contributed by atoms with Crippen molar-refractivity contribution in [1.29, 1.82) is 0 Å². The molecule has 226 valence electrons. The average Bonchev–Trinajstić information content (AvgIpc) is 2.99. The quantitative estimate of drug-likeness (QED) is 0.0479. The average molecular weight is 565 g/mol. The van der Waals surface area contributed by atoms with E-state index in [0.717, 1.165) is 30.6 Å². The molecule has 0 fully saturated rings. The monoisotopic (exact) mass is 564 g/mol. The highest BCUT2D eigenvalue weighted by molar-refractivity contribution is 5.91. The molecule has 41 heavy (non-hydrogen) atoms. The van der Waals surface area contributed by atoms with Crippen LogP contribution in [0.4, 0.5) is 0 Å². The normalized spacial score (nSPS) is 11.1. The molecule has 0 saturated heterocycles. The SMILES string of the molecule is CCCCCCCCCCCCCCCCCC(=O)N/N=C/c1ccc(OC(=O)c2ccc(OCCC)cc2)cc1.